The largest absolute Gasteiger partial charge is 0.332 e. The molecule has 0 aromatic carbocycles. The Morgan fingerprint density at radius 3 is 2.94 bits per heavy atom. The van der Waals surface area contributed by atoms with Crippen LogP contribution in [0.25, 0.3) is 0 Å². The van der Waals surface area contributed by atoms with Gasteiger partial charge in [0.05, 0.1) is 0 Å². The third-order valence-electron chi connectivity index (χ3n) is 2.95. The predicted molar refractivity (Wildman–Crippen MR) is 61.3 cm³/mol. The molecule has 1 aliphatic heterocycles. The van der Waals surface area contributed by atoms with Gasteiger partial charge in [-0.05, 0) is 26.8 Å². The Kier molecular flexibility index (Phi) is 2.96. The third kappa shape index (κ3) is 2.09. The van der Waals surface area contributed by atoms with Gasteiger partial charge in [0, 0.05) is 30.9 Å². The standard InChI is InChI=1S/C11H18N4O/c1-7-4-10(14-13-7)11(16)15-6-8(2)12-5-9(15)3/h4,8-9,12H,5-6H2,1-3H3,(H,13,14). The van der Waals surface area contributed by atoms with Gasteiger partial charge in [0.2, 0.25) is 0 Å². The van der Waals surface area contributed by atoms with E-state index in [9.17, 15) is 4.79 Å². The van der Waals surface area contributed by atoms with Crippen LogP contribution in [0.1, 0.15) is 30.0 Å². The molecule has 0 bridgehead atoms. The maximum atomic E-state index is 12.2. The van der Waals surface area contributed by atoms with Crippen molar-refractivity contribution in [3.8, 4) is 0 Å². The summed E-state index contributed by atoms with van der Waals surface area (Å²) in [6, 6.07) is 2.36. The van der Waals surface area contributed by atoms with Crippen molar-refractivity contribution in [1.82, 2.24) is 20.4 Å². The second-order valence-electron chi connectivity index (χ2n) is 4.55. The molecule has 2 unspecified atom stereocenters. The molecule has 88 valence electrons. The van der Waals surface area contributed by atoms with Gasteiger partial charge in [-0.3, -0.25) is 9.89 Å². The molecule has 2 N–H and O–H groups in total. The average Bonchev–Trinajstić information content (AvgIpc) is 2.67. The van der Waals surface area contributed by atoms with Crippen LogP contribution in [0.5, 0.6) is 0 Å². The van der Waals surface area contributed by atoms with Crippen molar-refractivity contribution in [2.45, 2.75) is 32.9 Å². The van der Waals surface area contributed by atoms with E-state index >= 15 is 0 Å². The Labute approximate surface area is 95.2 Å². The van der Waals surface area contributed by atoms with E-state index in [1.807, 2.05) is 11.8 Å². The summed E-state index contributed by atoms with van der Waals surface area (Å²) in [6.07, 6.45) is 0. The van der Waals surface area contributed by atoms with E-state index in [0.717, 1.165) is 18.8 Å². The number of amides is 1. The fourth-order valence-corrected chi connectivity index (χ4v) is 1.98. The molecular weight excluding hydrogens is 204 g/mol. The van der Waals surface area contributed by atoms with Crippen molar-refractivity contribution in [3.05, 3.63) is 17.5 Å². The molecule has 1 fully saturated rings. The number of hydrogen-bond donors (Lipinski definition) is 2. The number of hydrogen-bond acceptors (Lipinski definition) is 3. The smallest absolute Gasteiger partial charge is 0.274 e. The Morgan fingerprint density at radius 1 is 1.56 bits per heavy atom. The number of nitrogens with one attached hydrogen (secondary N) is 2. The highest BCUT2D eigenvalue weighted by molar-refractivity contribution is 5.92. The average molecular weight is 222 g/mol. The molecule has 1 saturated heterocycles. The lowest BCUT2D eigenvalue weighted by atomic mass is 10.1. The van der Waals surface area contributed by atoms with E-state index in [0.29, 0.717) is 11.7 Å². The van der Waals surface area contributed by atoms with Crippen LogP contribution < -0.4 is 5.32 Å². The summed E-state index contributed by atoms with van der Waals surface area (Å²) in [6.45, 7) is 7.62. The first kappa shape index (κ1) is 11.1. The van der Waals surface area contributed by atoms with E-state index < -0.39 is 0 Å². The summed E-state index contributed by atoms with van der Waals surface area (Å²) in [5.41, 5.74) is 1.43. The molecule has 2 atom stereocenters. The molecule has 1 aromatic rings. The number of carbonyl (C=O) groups excluding carboxylic acids is 1. The summed E-state index contributed by atoms with van der Waals surface area (Å²) < 4.78 is 0. The highest BCUT2D eigenvalue weighted by Gasteiger charge is 2.28. The SMILES string of the molecule is Cc1cc(C(=O)N2CC(C)NCC2C)n[nH]1. The number of nitrogens with zero attached hydrogens (tertiary/aromatic N) is 2. The van der Waals surface area contributed by atoms with Crippen molar-refractivity contribution >= 4 is 5.91 Å². The monoisotopic (exact) mass is 222 g/mol. The van der Waals surface area contributed by atoms with Crippen LogP contribution in [0, 0.1) is 6.92 Å². The van der Waals surface area contributed by atoms with E-state index in [-0.39, 0.29) is 11.9 Å². The van der Waals surface area contributed by atoms with Crippen molar-refractivity contribution in [2.75, 3.05) is 13.1 Å². The van der Waals surface area contributed by atoms with Gasteiger partial charge in [0.25, 0.3) is 5.91 Å². The molecule has 2 heterocycles. The maximum absolute atomic E-state index is 12.2. The molecule has 0 aliphatic carbocycles. The first-order valence-corrected chi connectivity index (χ1v) is 5.64. The normalized spacial score (nSPS) is 25.8. The van der Waals surface area contributed by atoms with Crippen LogP contribution in [-0.4, -0.2) is 46.2 Å². The summed E-state index contributed by atoms with van der Waals surface area (Å²) in [5.74, 6) is 0.0187. The molecule has 5 nitrogen and oxygen atoms in total. The second-order valence-corrected chi connectivity index (χ2v) is 4.55. The fraction of sp³-hybridized carbons (Fsp3) is 0.636. The Morgan fingerprint density at radius 2 is 2.31 bits per heavy atom. The van der Waals surface area contributed by atoms with Crippen LogP contribution in [0.2, 0.25) is 0 Å². The van der Waals surface area contributed by atoms with Crippen molar-refractivity contribution in [3.63, 3.8) is 0 Å². The topological polar surface area (TPSA) is 61.0 Å². The molecule has 1 aliphatic rings. The van der Waals surface area contributed by atoms with Crippen LogP contribution in [0.4, 0.5) is 0 Å². The molecule has 5 heteroatoms. The zero-order valence-corrected chi connectivity index (χ0v) is 9.95. The van der Waals surface area contributed by atoms with Crippen LogP contribution >= 0.6 is 0 Å². The van der Waals surface area contributed by atoms with Crippen molar-refractivity contribution in [2.24, 2.45) is 0 Å². The zero-order valence-electron chi connectivity index (χ0n) is 9.95. The first-order chi connectivity index (χ1) is 7.58. The van der Waals surface area contributed by atoms with Gasteiger partial charge in [0.15, 0.2) is 0 Å². The minimum atomic E-state index is 0.0187. The summed E-state index contributed by atoms with van der Waals surface area (Å²) in [4.78, 5) is 14.1. The zero-order chi connectivity index (χ0) is 11.7. The van der Waals surface area contributed by atoms with E-state index in [2.05, 4.69) is 29.4 Å². The first-order valence-electron chi connectivity index (χ1n) is 5.64. The van der Waals surface area contributed by atoms with Crippen LogP contribution in [0.15, 0.2) is 6.07 Å². The van der Waals surface area contributed by atoms with Gasteiger partial charge < -0.3 is 10.2 Å². The van der Waals surface area contributed by atoms with Gasteiger partial charge in [-0.1, -0.05) is 0 Å². The molecule has 2 rings (SSSR count). The van der Waals surface area contributed by atoms with E-state index in [1.54, 1.807) is 6.07 Å². The van der Waals surface area contributed by atoms with Gasteiger partial charge in [-0.15, -0.1) is 0 Å². The molecule has 0 spiro atoms. The van der Waals surface area contributed by atoms with Gasteiger partial charge in [-0.25, -0.2) is 0 Å². The summed E-state index contributed by atoms with van der Waals surface area (Å²) in [7, 11) is 0. The molecular formula is C11H18N4O. The number of aryl methyl sites for hydroxylation is 1. The van der Waals surface area contributed by atoms with Crippen LogP contribution in [-0.2, 0) is 0 Å². The van der Waals surface area contributed by atoms with Gasteiger partial charge in [-0.2, -0.15) is 5.10 Å². The lowest BCUT2D eigenvalue weighted by Gasteiger charge is -2.37. The number of carbonyl (C=O) groups is 1. The van der Waals surface area contributed by atoms with E-state index in [4.69, 9.17) is 0 Å². The number of aromatic amines is 1. The number of piperazine rings is 1. The molecule has 1 aromatic heterocycles. The minimum absolute atomic E-state index is 0.0187. The number of aromatic nitrogens is 2. The molecule has 16 heavy (non-hydrogen) atoms. The van der Waals surface area contributed by atoms with Crippen molar-refractivity contribution < 1.29 is 4.79 Å². The molecule has 1 amide bonds. The Hall–Kier alpha value is -1.36. The predicted octanol–water partition coefficient (Wildman–Crippen LogP) is 0.541. The quantitative estimate of drug-likeness (QED) is 0.729. The lowest BCUT2D eigenvalue weighted by Crippen LogP contribution is -2.56. The molecule has 0 saturated carbocycles. The fourth-order valence-electron chi connectivity index (χ4n) is 1.98. The third-order valence-corrected chi connectivity index (χ3v) is 2.95. The van der Waals surface area contributed by atoms with E-state index in [1.165, 1.54) is 0 Å². The Bertz CT molecular complexity index is 387. The molecule has 0 radical (unpaired) electrons. The van der Waals surface area contributed by atoms with Gasteiger partial charge in [0.1, 0.15) is 5.69 Å². The maximum Gasteiger partial charge on any atom is 0.274 e. The minimum Gasteiger partial charge on any atom is -0.332 e. The summed E-state index contributed by atoms with van der Waals surface area (Å²) in [5, 5.41) is 10.2. The van der Waals surface area contributed by atoms with Crippen molar-refractivity contribution in [1.29, 1.82) is 0 Å². The van der Waals surface area contributed by atoms with Gasteiger partial charge >= 0.3 is 0 Å². The highest BCUT2D eigenvalue weighted by Crippen LogP contribution is 2.11. The Balaban J connectivity index is 2.14. The second kappa shape index (κ2) is 4.25. The van der Waals surface area contributed by atoms with Crippen LogP contribution in [0.3, 0.4) is 0 Å². The highest BCUT2D eigenvalue weighted by atomic mass is 16.2. The lowest BCUT2D eigenvalue weighted by molar-refractivity contribution is 0.0610. The number of rotatable bonds is 1. The summed E-state index contributed by atoms with van der Waals surface area (Å²) >= 11 is 0. The number of H-pyrrole nitrogens is 1.